The van der Waals surface area contributed by atoms with Crippen molar-refractivity contribution in [3.05, 3.63) is 65.1 Å². The van der Waals surface area contributed by atoms with Crippen molar-refractivity contribution < 1.29 is 46.2 Å². The van der Waals surface area contributed by atoms with Gasteiger partial charge in [-0.2, -0.15) is 13.2 Å². The molecule has 3 N–H and O–H groups in total. The van der Waals surface area contributed by atoms with Crippen LogP contribution in [0.15, 0.2) is 42.5 Å². The van der Waals surface area contributed by atoms with Crippen molar-refractivity contribution in [3.8, 4) is 5.75 Å². The third-order valence-corrected chi connectivity index (χ3v) is 7.82. The number of nitrogens with one attached hydrogen (secondary N) is 2. The summed E-state index contributed by atoms with van der Waals surface area (Å²) >= 11 is 0. The minimum atomic E-state index is -5.11. The zero-order chi connectivity index (χ0) is 32.6. The topological polar surface area (TPSA) is 132 Å². The summed E-state index contributed by atoms with van der Waals surface area (Å²) in [4.78, 5) is 56.5. The summed E-state index contributed by atoms with van der Waals surface area (Å²) < 4.78 is 67.5. The zero-order valence-electron chi connectivity index (χ0n) is 23.8. The average molecular weight is 634 g/mol. The van der Waals surface area contributed by atoms with Gasteiger partial charge in [0.05, 0.1) is 24.6 Å². The number of aromatic hydroxyl groups is 1. The molecule has 5 rings (SSSR count). The summed E-state index contributed by atoms with van der Waals surface area (Å²) in [7, 11) is 0. The van der Waals surface area contributed by atoms with E-state index in [4.69, 9.17) is 0 Å². The van der Waals surface area contributed by atoms with Crippen molar-refractivity contribution in [2.45, 2.75) is 50.6 Å². The monoisotopic (exact) mass is 633 g/mol. The van der Waals surface area contributed by atoms with Crippen LogP contribution in [0.25, 0.3) is 10.9 Å². The molecule has 10 nitrogen and oxygen atoms in total. The molecule has 2 aromatic carbocycles. The minimum absolute atomic E-state index is 0.0227. The fourth-order valence-corrected chi connectivity index (χ4v) is 5.61. The lowest BCUT2D eigenvalue weighted by molar-refractivity contribution is -0.170. The van der Waals surface area contributed by atoms with Crippen molar-refractivity contribution in [2.75, 3.05) is 24.5 Å². The van der Waals surface area contributed by atoms with E-state index in [0.29, 0.717) is 27.8 Å². The van der Waals surface area contributed by atoms with E-state index in [0.717, 1.165) is 4.90 Å². The third-order valence-electron chi connectivity index (χ3n) is 7.82. The maximum atomic E-state index is 14.4. The SMILES string of the molecule is C[C@H](NC(=O)C1C[C@@H](F)CN1C(=O)CNC(=O)c1ccc2cc(F)ccc2n1)c1cc2c(cc1O)CCCN2C(=O)C(F)(F)F. The van der Waals surface area contributed by atoms with Crippen molar-refractivity contribution in [3.63, 3.8) is 0 Å². The predicted molar refractivity (Wildman–Crippen MR) is 150 cm³/mol. The number of aromatic nitrogens is 1. The molecule has 2 aliphatic heterocycles. The Morgan fingerprint density at radius 3 is 2.60 bits per heavy atom. The molecule has 0 spiro atoms. The smallest absolute Gasteiger partial charge is 0.471 e. The highest BCUT2D eigenvalue weighted by Crippen LogP contribution is 2.37. The number of pyridine rings is 1. The number of phenolic OH excluding ortho intramolecular Hbond substituents is 1. The number of halogens is 5. The number of carbonyl (C=O) groups excluding carboxylic acids is 4. The van der Waals surface area contributed by atoms with Crippen LogP contribution in [0.3, 0.4) is 0 Å². The maximum absolute atomic E-state index is 14.4. The van der Waals surface area contributed by atoms with Crippen molar-refractivity contribution in [2.24, 2.45) is 0 Å². The van der Waals surface area contributed by atoms with Crippen molar-refractivity contribution >= 4 is 40.2 Å². The molecule has 0 saturated carbocycles. The molecule has 2 aliphatic rings. The Hall–Kier alpha value is -4.82. The number of amides is 4. The second-order valence-electron chi connectivity index (χ2n) is 10.9. The molecule has 1 saturated heterocycles. The van der Waals surface area contributed by atoms with E-state index in [2.05, 4.69) is 15.6 Å². The lowest BCUT2D eigenvalue weighted by Crippen LogP contribution is -2.49. The molecule has 3 heterocycles. The lowest BCUT2D eigenvalue weighted by Gasteiger charge is -2.31. The fraction of sp³-hybridized carbons (Fsp3) is 0.367. The summed E-state index contributed by atoms with van der Waals surface area (Å²) in [6.45, 7) is 0.264. The standard InChI is InChI=1S/C30H28F5N5O5/c1-15(20-12-23-17(10-25(20)41)3-2-8-39(23)29(45)30(33,34)35)37-28(44)24-11-19(32)14-40(24)26(42)13-36-27(43)22-6-4-16-9-18(31)5-7-21(16)38-22/h4-7,9-10,12,15,19,24,41H,2-3,8,11,13-14H2,1H3,(H,36,43)(H,37,44)/t15-,19+,24?/m0/s1. The van der Waals surface area contributed by atoms with Crippen LogP contribution in [0.4, 0.5) is 27.6 Å². The van der Waals surface area contributed by atoms with E-state index in [-0.39, 0.29) is 42.1 Å². The molecule has 45 heavy (non-hydrogen) atoms. The van der Waals surface area contributed by atoms with E-state index in [1.165, 1.54) is 49.4 Å². The number of anilines is 1. The minimum Gasteiger partial charge on any atom is -0.508 e. The van der Waals surface area contributed by atoms with Gasteiger partial charge in [0, 0.05) is 29.6 Å². The first-order valence-corrected chi connectivity index (χ1v) is 14.1. The summed E-state index contributed by atoms with van der Waals surface area (Å²) in [5.41, 5.74) is 0.624. The Kier molecular flexibility index (Phi) is 8.63. The number of alkyl halides is 4. The highest BCUT2D eigenvalue weighted by molar-refractivity contribution is 5.99. The number of nitrogens with zero attached hydrogens (tertiary/aromatic N) is 3. The van der Waals surface area contributed by atoms with Crippen molar-refractivity contribution in [1.82, 2.24) is 20.5 Å². The highest BCUT2D eigenvalue weighted by atomic mass is 19.4. The first kappa shape index (κ1) is 31.6. The van der Waals surface area contributed by atoms with Gasteiger partial charge in [0.15, 0.2) is 0 Å². The number of benzene rings is 2. The summed E-state index contributed by atoms with van der Waals surface area (Å²) in [6, 6.07) is 6.84. The first-order chi connectivity index (χ1) is 21.2. The Morgan fingerprint density at radius 2 is 1.87 bits per heavy atom. The second-order valence-corrected chi connectivity index (χ2v) is 10.9. The number of fused-ring (bicyclic) bond motifs is 2. The van der Waals surface area contributed by atoms with Crippen LogP contribution in [0, 0.1) is 5.82 Å². The van der Waals surface area contributed by atoms with Gasteiger partial charge in [-0.15, -0.1) is 0 Å². The van der Waals surface area contributed by atoms with Gasteiger partial charge in [0.1, 0.15) is 29.5 Å². The zero-order valence-corrected chi connectivity index (χ0v) is 23.8. The van der Waals surface area contributed by atoms with Gasteiger partial charge in [0.2, 0.25) is 11.8 Å². The number of phenols is 1. The van der Waals surface area contributed by atoms with Gasteiger partial charge in [-0.3, -0.25) is 19.2 Å². The molecule has 3 aromatic rings. The molecule has 1 unspecified atom stereocenters. The largest absolute Gasteiger partial charge is 0.508 e. The summed E-state index contributed by atoms with van der Waals surface area (Å²) in [5, 5.41) is 16.0. The van der Waals surface area contributed by atoms with Crippen molar-refractivity contribution in [1.29, 1.82) is 0 Å². The van der Waals surface area contributed by atoms with Crippen LogP contribution in [-0.4, -0.2) is 76.6 Å². The molecule has 4 amide bonds. The van der Waals surface area contributed by atoms with E-state index in [1.807, 2.05) is 0 Å². The molecule has 238 valence electrons. The third kappa shape index (κ3) is 6.66. The van der Waals surface area contributed by atoms with E-state index in [1.54, 1.807) is 0 Å². The van der Waals surface area contributed by atoms with Crippen LogP contribution in [-0.2, 0) is 20.8 Å². The van der Waals surface area contributed by atoms with Gasteiger partial charge in [0.25, 0.3) is 5.91 Å². The second kappa shape index (κ2) is 12.3. The van der Waals surface area contributed by atoms with Gasteiger partial charge in [-0.05, 0) is 61.7 Å². The van der Waals surface area contributed by atoms with Gasteiger partial charge in [-0.25, -0.2) is 13.8 Å². The van der Waals surface area contributed by atoms with Gasteiger partial charge >= 0.3 is 12.1 Å². The molecule has 0 radical (unpaired) electrons. The number of aryl methyl sites for hydroxylation is 1. The Balaban J connectivity index is 1.25. The fourth-order valence-electron chi connectivity index (χ4n) is 5.61. The molecule has 15 heteroatoms. The molecule has 1 fully saturated rings. The van der Waals surface area contributed by atoms with Gasteiger partial charge in [-0.1, -0.05) is 6.07 Å². The predicted octanol–water partition coefficient (Wildman–Crippen LogP) is 3.47. The van der Waals surface area contributed by atoms with E-state index < -0.39 is 67.0 Å². The maximum Gasteiger partial charge on any atom is 0.471 e. The van der Waals surface area contributed by atoms with Crippen LogP contribution < -0.4 is 15.5 Å². The van der Waals surface area contributed by atoms with Crippen LogP contribution in [0.2, 0.25) is 0 Å². The summed E-state index contributed by atoms with van der Waals surface area (Å²) in [5.74, 6) is -5.10. The molecule has 1 aromatic heterocycles. The molecule has 0 aliphatic carbocycles. The highest BCUT2D eigenvalue weighted by Gasteiger charge is 2.44. The van der Waals surface area contributed by atoms with E-state index >= 15 is 0 Å². The Labute approximate surface area is 253 Å². The number of carbonyl (C=O) groups is 4. The normalized spacial score (nSPS) is 18.8. The average Bonchev–Trinajstić information content (AvgIpc) is 3.39. The summed E-state index contributed by atoms with van der Waals surface area (Å²) in [6.07, 6.45) is -6.41. The number of hydrogen-bond acceptors (Lipinski definition) is 6. The van der Waals surface area contributed by atoms with Crippen LogP contribution >= 0.6 is 0 Å². The number of likely N-dealkylation sites (tertiary alicyclic amines) is 1. The van der Waals surface area contributed by atoms with Crippen LogP contribution in [0.1, 0.15) is 47.4 Å². The molecule has 0 bridgehead atoms. The van der Waals surface area contributed by atoms with Gasteiger partial charge < -0.3 is 25.5 Å². The first-order valence-electron chi connectivity index (χ1n) is 14.1. The number of hydrogen-bond donors (Lipinski definition) is 3. The number of rotatable bonds is 6. The molecular weight excluding hydrogens is 605 g/mol. The Morgan fingerprint density at radius 1 is 1.11 bits per heavy atom. The van der Waals surface area contributed by atoms with E-state index in [9.17, 15) is 46.2 Å². The van der Waals surface area contributed by atoms with Crippen LogP contribution in [0.5, 0.6) is 5.75 Å². The molecule has 3 atom stereocenters. The Bertz CT molecular complexity index is 1680. The molecular formula is C30H28F5N5O5. The quantitative estimate of drug-likeness (QED) is 0.357. The lowest BCUT2D eigenvalue weighted by atomic mass is 9.96.